The van der Waals surface area contributed by atoms with Crippen molar-refractivity contribution in [1.29, 1.82) is 0 Å². The lowest BCUT2D eigenvalue weighted by Crippen LogP contribution is -2.63. The highest BCUT2D eigenvalue weighted by atomic mass is 79.9. The molecule has 0 fully saturated rings. The monoisotopic (exact) mass is 438 g/mol. The summed E-state index contributed by atoms with van der Waals surface area (Å²) in [6.45, 7) is -1.93. The first-order valence-electron chi connectivity index (χ1n) is 6.26. The Morgan fingerprint density at radius 1 is 1.00 bits per heavy atom. The molecule has 5 nitrogen and oxygen atoms in total. The molecule has 25 heavy (non-hydrogen) atoms. The second-order valence-corrected chi connectivity index (χ2v) is 5.40. The van der Waals surface area contributed by atoms with Crippen molar-refractivity contribution < 1.29 is 50.5 Å². The number of alkyl halides is 6. The number of halogens is 7. The molecule has 0 saturated carbocycles. The lowest BCUT2D eigenvalue weighted by atomic mass is 10.0. The Labute approximate surface area is 144 Å². The van der Waals surface area contributed by atoms with Crippen LogP contribution in [0.4, 0.5) is 26.3 Å². The van der Waals surface area contributed by atoms with Crippen molar-refractivity contribution >= 4 is 27.9 Å². The Kier molecular flexibility index (Phi) is 6.45. The molecule has 140 valence electrons. The van der Waals surface area contributed by atoms with Gasteiger partial charge in [0.25, 0.3) is 0 Å². The van der Waals surface area contributed by atoms with Gasteiger partial charge in [0, 0.05) is 4.47 Å². The normalized spacial score (nSPS) is 12.6. The van der Waals surface area contributed by atoms with E-state index in [0.29, 0.717) is 4.47 Å². The van der Waals surface area contributed by atoms with E-state index in [-0.39, 0.29) is 5.56 Å². The summed E-state index contributed by atoms with van der Waals surface area (Å²) in [6.07, 6.45) is -12.7. The van der Waals surface area contributed by atoms with Gasteiger partial charge in [-0.1, -0.05) is 22.0 Å². The van der Waals surface area contributed by atoms with Gasteiger partial charge in [-0.3, -0.25) is 0 Å². The summed E-state index contributed by atoms with van der Waals surface area (Å²) in [5, 5.41) is 8.73. The van der Waals surface area contributed by atoms with Crippen LogP contribution in [-0.4, -0.2) is 48.2 Å². The minimum Gasteiger partial charge on any atom is -0.459 e. The Morgan fingerprint density at radius 3 is 2.00 bits per heavy atom. The van der Waals surface area contributed by atoms with Crippen LogP contribution in [0.15, 0.2) is 28.7 Å². The van der Waals surface area contributed by atoms with Gasteiger partial charge in [0.15, 0.2) is 0 Å². The largest absolute Gasteiger partial charge is 0.459 e. The summed E-state index contributed by atoms with van der Waals surface area (Å²) in [5.41, 5.74) is -5.63. The number of esters is 2. The molecule has 0 unspecified atom stereocenters. The molecule has 0 radical (unpaired) electrons. The first-order chi connectivity index (χ1) is 11.3. The maximum atomic E-state index is 12.4. The summed E-state index contributed by atoms with van der Waals surface area (Å²) in [5.74, 6) is -3.91. The van der Waals surface area contributed by atoms with Gasteiger partial charge >= 0.3 is 29.9 Å². The maximum Gasteiger partial charge on any atom is 0.437 e. The van der Waals surface area contributed by atoms with Crippen molar-refractivity contribution in [2.24, 2.45) is 0 Å². The van der Waals surface area contributed by atoms with Crippen LogP contribution in [0, 0.1) is 0 Å². The zero-order valence-electron chi connectivity index (χ0n) is 11.9. The Bertz CT molecular complexity index is 629. The van der Waals surface area contributed by atoms with Crippen LogP contribution in [-0.2, 0) is 14.3 Å². The average molecular weight is 439 g/mol. The van der Waals surface area contributed by atoms with Gasteiger partial charge < -0.3 is 14.6 Å². The van der Waals surface area contributed by atoms with Gasteiger partial charge in [0.1, 0.15) is 13.2 Å². The fraction of sp³-hybridized carbons (Fsp3) is 0.385. The van der Waals surface area contributed by atoms with E-state index in [4.69, 9.17) is 5.11 Å². The topological polar surface area (TPSA) is 72.8 Å². The van der Waals surface area contributed by atoms with E-state index in [0.717, 1.165) is 0 Å². The smallest absolute Gasteiger partial charge is 0.437 e. The molecule has 1 rings (SSSR count). The fourth-order valence-electron chi connectivity index (χ4n) is 1.46. The quantitative estimate of drug-likeness (QED) is 0.434. The summed E-state index contributed by atoms with van der Waals surface area (Å²) in [4.78, 5) is 22.6. The maximum absolute atomic E-state index is 12.4. The van der Waals surface area contributed by atoms with E-state index in [1.54, 1.807) is 6.07 Å². The standard InChI is InChI=1S/C13H9BrF6O5/c14-8-3-1-2-7(6-8)9(21)24-4-5-25-10(22)11(23,12(15,16)17)13(18,19)20/h1-3,6,23H,4-5H2. The van der Waals surface area contributed by atoms with Crippen molar-refractivity contribution in [1.82, 2.24) is 0 Å². The number of carbonyl (C=O) groups excluding carboxylic acids is 2. The van der Waals surface area contributed by atoms with Crippen molar-refractivity contribution in [2.75, 3.05) is 13.2 Å². The molecule has 0 amide bonds. The van der Waals surface area contributed by atoms with E-state index >= 15 is 0 Å². The van der Waals surface area contributed by atoms with E-state index in [1.165, 1.54) is 18.2 Å². The molecular formula is C13H9BrF6O5. The van der Waals surface area contributed by atoms with Crippen LogP contribution >= 0.6 is 15.9 Å². The SMILES string of the molecule is O=C(OCCOC(=O)C(O)(C(F)(F)F)C(F)(F)F)c1cccc(Br)c1. The first-order valence-corrected chi connectivity index (χ1v) is 7.05. The molecule has 0 saturated heterocycles. The molecule has 12 heteroatoms. The molecular weight excluding hydrogens is 430 g/mol. The molecule has 0 heterocycles. The molecule has 0 aromatic heterocycles. The van der Waals surface area contributed by atoms with E-state index < -0.39 is 43.1 Å². The van der Waals surface area contributed by atoms with E-state index in [2.05, 4.69) is 25.4 Å². The van der Waals surface area contributed by atoms with Crippen LogP contribution in [0.1, 0.15) is 10.4 Å². The van der Waals surface area contributed by atoms with Gasteiger partial charge in [-0.15, -0.1) is 0 Å². The van der Waals surface area contributed by atoms with E-state index in [9.17, 15) is 35.9 Å². The average Bonchev–Trinajstić information content (AvgIpc) is 2.47. The minimum atomic E-state index is -6.34. The summed E-state index contributed by atoms with van der Waals surface area (Å²) < 4.78 is 83.1. The number of hydrogen-bond acceptors (Lipinski definition) is 5. The minimum absolute atomic E-state index is 0.0442. The van der Waals surface area contributed by atoms with Gasteiger partial charge in [-0.05, 0) is 18.2 Å². The molecule has 0 atom stereocenters. The van der Waals surface area contributed by atoms with Crippen LogP contribution in [0.2, 0.25) is 0 Å². The lowest BCUT2D eigenvalue weighted by molar-refractivity contribution is -0.357. The van der Waals surface area contributed by atoms with Gasteiger partial charge in [0.05, 0.1) is 5.56 Å². The molecule has 1 aromatic rings. The summed E-state index contributed by atoms with van der Waals surface area (Å²) >= 11 is 3.07. The predicted molar refractivity (Wildman–Crippen MR) is 72.4 cm³/mol. The number of aliphatic hydroxyl groups is 1. The zero-order valence-corrected chi connectivity index (χ0v) is 13.5. The van der Waals surface area contributed by atoms with Crippen molar-refractivity contribution in [3.8, 4) is 0 Å². The number of ether oxygens (including phenoxy) is 2. The molecule has 0 spiro atoms. The highest BCUT2D eigenvalue weighted by Gasteiger charge is 2.76. The Morgan fingerprint density at radius 2 is 1.52 bits per heavy atom. The first kappa shape index (κ1) is 21.2. The van der Waals surface area contributed by atoms with Gasteiger partial charge in [-0.25, -0.2) is 9.59 Å². The van der Waals surface area contributed by atoms with Gasteiger partial charge in [0.2, 0.25) is 0 Å². The van der Waals surface area contributed by atoms with Crippen LogP contribution in [0.5, 0.6) is 0 Å². The number of benzene rings is 1. The van der Waals surface area contributed by atoms with Crippen molar-refractivity contribution in [3.05, 3.63) is 34.3 Å². The fourth-order valence-corrected chi connectivity index (χ4v) is 1.86. The molecule has 1 aromatic carbocycles. The third-order valence-electron chi connectivity index (χ3n) is 2.73. The molecule has 1 N–H and O–H groups in total. The number of rotatable bonds is 5. The van der Waals surface area contributed by atoms with E-state index in [1.807, 2.05) is 0 Å². The summed E-state index contributed by atoms with van der Waals surface area (Å²) in [7, 11) is 0. The molecule has 0 aliphatic carbocycles. The molecule has 0 bridgehead atoms. The second-order valence-electron chi connectivity index (χ2n) is 4.49. The third kappa shape index (κ3) is 4.84. The zero-order chi connectivity index (χ0) is 19.5. The number of hydrogen-bond donors (Lipinski definition) is 1. The molecule has 0 aliphatic rings. The second kappa shape index (κ2) is 7.60. The Hall–Kier alpha value is -1.82. The third-order valence-corrected chi connectivity index (χ3v) is 3.22. The van der Waals surface area contributed by atoms with Crippen molar-refractivity contribution in [2.45, 2.75) is 18.0 Å². The highest BCUT2D eigenvalue weighted by molar-refractivity contribution is 9.10. The molecule has 0 aliphatic heterocycles. The number of carbonyl (C=O) groups is 2. The van der Waals surface area contributed by atoms with Crippen molar-refractivity contribution in [3.63, 3.8) is 0 Å². The van der Waals surface area contributed by atoms with Crippen LogP contribution in [0.3, 0.4) is 0 Å². The summed E-state index contributed by atoms with van der Waals surface area (Å²) in [6, 6.07) is 5.76. The Balaban J connectivity index is 2.63. The highest BCUT2D eigenvalue weighted by Crippen LogP contribution is 2.43. The predicted octanol–water partition coefficient (Wildman–Crippen LogP) is 3.00. The van der Waals surface area contributed by atoms with Gasteiger partial charge in [-0.2, -0.15) is 26.3 Å². The van der Waals surface area contributed by atoms with Crippen LogP contribution < -0.4 is 0 Å². The lowest BCUT2D eigenvalue weighted by Gasteiger charge is -2.29. The van der Waals surface area contributed by atoms with Crippen LogP contribution in [0.25, 0.3) is 0 Å².